The highest BCUT2D eigenvalue weighted by Crippen LogP contribution is 2.11. The monoisotopic (exact) mass is 335 g/mol. The number of carbonyl (C=O) groups excluding carboxylic acids is 3. The van der Waals surface area contributed by atoms with E-state index in [0.717, 1.165) is 12.2 Å². The summed E-state index contributed by atoms with van der Waals surface area (Å²) in [5, 5.41) is 2.59. The molecule has 0 aromatic heterocycles. The van der Waals surface area contributed by atoms with Gasteiger partial charge in [0.2, 0.25) is 0 Å². The van der Waals surface area contributed by atoms with Gasteiger partial charge in [0.15, 0.2) is 0 Å². The van der Waals surface area contributed by atoms with Gasteiger partial charge < -0.3 is 14.2 Å². The number of methoxy groups -OCH3 is 1. The van der Waals surface area contributed by atoms with Crippen LogP contribution in [0.4, 0.5) is 10.5 Å². The predicted molar refractivity (Wildman–Crippen MR) is 87.3 cm³/mol. The number of benzene rings is 1. The average molecular weight is 335 g/mol. The van der Waals surface area contributed by atoms with E-state index in [1.807, 2.05) is 19.9 Å². The summed E-state index contributed by atoms with van der Waals surface area (Å²) in [5.74, 6) is -1.45. The lowest BCUT2D eigenvalue weighted by molar-refractivity contribution is -0.142. The second-order valence-corrected chi connectivity index (χ2v) is 5.17. The van der Waals surface area contributed by atoms with E-state index in [1.165, 1.54) is 7.11 Å². The Morgan fingerprint density at radius 2 is 1.71 bits per heavy atom. The van der Waals surface area contributed by atoms with Crippen LogP contribution in [0.1, 0.15) is 13.8 Å². The molecule has 0 aliphatic rings. The lowest BCUT2D eigenvalue weighted by Crippen LogP contribution is -2.31. The molecule has 1 N–H and O–H groups in total. The molecule has 0 unspecified atom stereocenters. The number of esters is 2. The minimum atomic E-state index is -0.724. The van der Waals surface area contributed by atoms with Crippen molar-refractivity contribution in [3.05, 3.63) is 42.5 Å². The van der Waals surface area contributed by atoms with E-state index in [2.05, 4.69) is 10.1 Å². The van der Waals surface area contributed by atoms with E-state index in [-0.39, 0.29) is 12.5 Å². The van der Waals surface area contributed by atoms with Crippen molar-refractivity contribution in [1.29, 1.82) is 0 Å². The fourth-order valence-electron chi connectivity index (χ4n) is 1.59. The Balaban J connectivity index is 2.49. The number of ether oxygens (including phenoxy) is 3. The van der Waals surface area contributed by atoms with Crippen molar-refractivity contribution >= 4 is 23.7 Å². The Morgan fingerprint density at radius 1 is 1.08 bits per heavy atom. The van der Waals surface area contributed by atoms with Crippen molar-refractivity contribution < 1.29 is 28.6 Å². The summed E-state index contributed by atoms with van der Waals surface area (Å²) in [6, 6.07) is 8.84. The second kappa shape index (κ2) is 10.0. The molecule has 0 radical (unpaired) electrons. The number of nitrogens with one attached hydrogen (secondary N) is 1. The summed E-state index contributed by atoms with van der Waals surface area (Å²) in [5.41, 5.74) is 0.600. The van der Waals surface area contributed by atoms with Gasteiger partial charge in [-0.3, -0.25) is 5.32 Å². The molecular formula is C17H21NO6. The van der Waals surface area contributed by atoms with Crippen LogP contribution in [0.25, 0.3) is 0 Å². The van der Waals surface area contributed by atoms with Gasteiger partial charge in [0.25, 0.3) is 0 Å². The Bertz CT molecular complexity index is 582. The lowest BCUT2D eigenvalue weighted by atomic mass is 10.1. The number of rotatable bonds is 7. The zero-order valence-electron chi connectivity index (χ0n) is 13.9. The minimum absolute atomic E-state index is 0.0658. The quantitative estimate of drug-likeness (QED) is 0.468. The number of para-hydroxylation sites is 1. The van der Waals surface area contributed by atoms with Gasteiger partial charge in [0.1, 0.15) is 12.7 Å². The third kappa shape index (κ3) is 7.44. The molecule has 7 nitrogen and oxygen atoms in total. The largest absolute Gasteiger partial charge is 0.466 e. The Kier molecular flexibility index (Phi) is 8.04. The molecule has 0 aliphatic heterocycles. The van der Waals surface area contributed by atoms with Crippen LogP contribution in [-0.2, 0) is 23.8 Å². The molecule has 0 saturated carbocycles. The van der Waals surface area contributed by atoms with Crippen LogP contribution >= 0.6 is 0 Å². The number of amides is 1. The average Bonchev–Trinajstić information content (AvgIpc) is 2.56. The zero-order valence-corrected chi connectivity index (χ0v) is 13.9. The molecule has 0 saturated heterocycles. The molecule has 7 heteroatoms. The van der Waals surface area contributed by atoms with Gasteiger partial charge in [0.05, 0.1) is 7.11 Å². The topological polar surface area (TPSA) is 90.9 Å². The number of hydrogen-bond donors (Lipinski definition) is 1. The highest BCUT2D eigenvalue weighted by atomic mass is 16.6. The van der Waals surface area contributed by atoms with Crippen molar-refractivity contribution in [1.82, 2.24) is 0 Å². The highest BCUT2D eigenvalue weighted by Gasteiger charge is 2.20. The van der Waals surface area contributed by atoms with Gasteiger partial charge in [-0.1, -0.05) is 32.0 Å². The number of anilines is 1. The zero-order chi connectivity index (χ0) is 17.9. The van der Waals surface area contributed by atoms with Crippen molar-refractivity contribution in [2.75, 3.05) is 19.0 Å². The first-order valence-electron chi connectivity index (χ1n) is 7.38. The van der Waals surface area contributed by atoms with Gasteiger partial charge in [0, 0.05) is 17.8 Å². The molecule has 24 heavy (non-hydrogen) atoms. The number of hydrogen-bond acceptors (Lipinski definition) is 6. The van der Waals surface area contributed by atoms with Crippen LogP contribution in [0, 0.1) is 5.92 Å². The molecule has 1 aromatic carbocycles. The van der Waals surface area contributed by atoms with Crippen molar-refractivity contribution in [2.45, 2.75) is 20.0 Å². The number of carbonyl (C=O) groups is 3. The Hall–Kier alpha value is -2.83. The lowest BCUT2D eigenvalue weighted by Gasteiger charge is -2.21. The van der Waals surface area contributed by atoms with Crippen LogP contribution in [0.5, 0.6) is 0 Å². The second-order valence-electron chi connectivity index (χ2n) is 5.17. The molecule has 0 bridgehead atoms. The summed E-state index contributed by atoms with van der Waals surface area (Å²) < 4.78 is 14.6. The summed E-state index contributed by atoms with van der Waals surface area (Å²) >= 11 is 0. The summed E-state index contributed by atoms with van der Waals surface area (Å²) in [4.78, 5) is 34.3. The maximum Gasteiger partial charge on any atom is 0.412 e. The van der Waals surface area contributed by atoms with Gasteiger partial charge in [-0.15, -0.1) is 0 Å². The Labute approximate surface area is 140 Å². The maximum absolute atomic E-state index is 11.9. The summed E-state index contributed by atoms with van der Waals surface area (Å²) in [7, 11) is 1.20. The normalized spacial score (nSPS) is 11.8. The van der Waals surface area contributed by atoms with Crippen LogP contribution in [0.15, 0.2) is 42.5 Å². The molecule has 1 aromatic rings. The van der Waals surface area contributed by atoms with Crippen LogP contribution < -0.4 is 5.32 Å². The summed E-state index contributed by atoms with van der Waals surface area (Å²) in [6.45, 7) is 3.54. The Morgan fingerprint density at radius 3 is 2.29 bits per heavy atom. The molecular weight excluding hydrogens is 314 g/mol. The molecule has 0 fully saturated rings. The first-order valence-corrected chi connectivity index (χ1v) is 7.38. The molecule has 0 heterocycles. The van der Waals surface area contributed by atoms with Crippen LogP contribution in [0.3, 0.4) is 0 Å². The van der Waals surface area contributed by atoms with Gasteiger partial charge in [-0.05, 0) is 18.1 Å². The molecule has 130 valence electrons. The summed E-state index contributed by atoms with van der Waals surface area (Å²) in [6.07, 6.45) is 0.647. The van der Waals surface area contributed by atoms with E-state index < -0.39 is 24.1 Å². The third-order valence-electron chi connectivity index (χ3n) is 2.97. The SMILES string of the molecule is COC(=O)/C=C/C(=O)OC[C@H](OC(=O)Nc1ccccc1)C(C)C. The van der Waals surface area contributed by atoms with Crippen molar-refractivity contribution in [3.63, 3.8) is 0 Å². The predicted octanol–water partition coefficient (Wildman–Crippen LogP) is 2.53. The van der Waals surface area contributed by atoms with Crippen molar-refractivity contribution in [2.24, 2.45) is 5.92 Å². The van der Waals surface area contributed by atoms with Gasteiger partial charge >= 0.3 is 18.0 Å². The first kappa shape index (κ1) is 19.2. The van der Waals surface area contributed by atoms with Gasteiger partial charge in [-0.2, -0.15) is 0 Å². The molecule has 1 rings (SSSR count). The maximum atomic E-state index is 11.9. The first-order chi connectivity index (χ1) is 11.4. The smallest absolute Gasteiger partial charge is 0.412 e. The van der Waals surface area contributed by atoms with Crippen LogP contribution in [-0.4, -0.2) is 37.9 Å². The van der Waals surface area contributed by atoms with E-state index in [1.54, 1.807) is 24.3 Å². The molecule has 1 atom stereocenters. The fraction of sp³-hybridized carbons (Fsp3) is 0.353. The molecule has 0 spiro atoms. The van der Waals surface area contributed by atoms with E-state index in [0.29, 0.717) is 5.69 Å². The third-order valence-corrected chi connectivity index (χ3v) is 2.97. The fourth-order valence-corrected chi connectivity index (χ4v) is 1.59. The highest BCUT2D eigenvalue weighted by molar-refractivity contribution is 5.91. The van der Waals surface area contributed by atoms with E-state index in [4.69, 9.17) is 9.47 Å². The van der Waals surface area contributed by atoms with E-state index >= 15 is 0 Å². The minimum Gasteiger partial charge on any atom is -0.466 e. The molecule has 0 aliphatic carbocycles. The standard InChI is InChI=1S/C17H21NO6/c1-12(2)14(11-23-16(20)10-9-15(19)22-3)24-17(21)18-13-7-5-4-6-8-13/h4-10,12,14H,11H2,1-3H3,(H,18,21)/b10-9+/t14-/m0/s1. The van der Waals surface area contributed by atoms with Crippen molar-refractivity contribution in [3.8, 4) is 0 Å². The van der Waals surface area contributed by atoms with Gasteiger partial charge in [-0.25, -0.2) is 14.4 Å². The van der Waals surface area contributed by atoms with Crippen LogP contribution in [0.2, 0.25) is 0 Å². The van der Waals surface area contributed by atoms with E-state index in [9.17, 15) is 14.4 Å². The molecule has 1 amide bonds.